The maximum absolute atomic E-state index is 12.7. The number of carbonyl (C=O) groups is 1. The molecule has 1 amide bonds. The highest BCUT2D eigenvalue weighted by Gasteiger charge is 2.23. The molecule has 2 aromatic rings. The first kappa shape index (κ1) is 15.4. The summed E-state index contributed by atoms with van der Waals surface area (Å²) in [5.74, 6) is 0.627. The molecular formula is C16H20N2O2S. The van der Waals surface area contributed by atoms with Crippen molar-refractivity contribution in [2.24, 2.45) is 0 Å². The van der Waals surface area contributed by atoms with E-state index < -0.39 is 0 Å². The van der Waals surface area contributed by atoms with Crippen molar-refractivity contribution in [2.75, 3.05) is 12.8 Å². The Labute approximate surface area is 129 Å². The monoisotopic (exact) mass is 304 g/mol. The van der Waals surface area contributed by atoms with E-state index in [1.807, 2.05) is 54.5 Å². The highest BCUT2D eigenvalue weighted by Crippen LogP contribution is 2.27. The third-order valence-corrected chi connectivity index (χ3v) is 4.14. The number of thiophene rings is 1. The number of hydrogen-bond donors (Lipinski definition) is 1. The molecule has 112 valence electrons. The van der Waals surface area contributed by atoms with Gasteiger partial charge in [-0.15, -0.1) is 11.3 Å². The van der Waals surface area contributed by atoms with Crippen molar-refractivity contribution >= 4 is 22.9 Å². The second-order valence-electron chi connectivity index (χ2n) is 5.09. The summed E-state index contributed by atoms with van der Waals surface area (Å²) in [6.45, 7) is 4.57. The van der Waals surface area contributed by atoms with Crippen molar-refractivity contribution < 1.29 is 9.53 Å². The van der Waals surface area contributed by atoms with Gasteiger partial charge in [0.1, 0.15) is 10.6 Å². The van der Waals surface area contributed by atoms with E-state index in [1.165, 1.54) is 11.3 Å². The van der Waals surface area contributed by atoms with Crippen molar-refractivity contribution in [1.82, 2.24) is 4.90 Å². The zero-order chi connectivity index (χ0) is 15.4. The Morgan fingerprint density at radius 2 is 1.95 bits per heavy atom. The van der Waals surface area contributed by atoms with Crippen LogP contribution in [-0.4, -0.2) is 24.0 Å². The van der Waals surface area contributed by atoms with Crippen LogP contribution in [0.1, 0.15) is 29.1 Å². The zero-order valence-corrected chi connectivity index (χ0v) is 13.3. The minimum absolute atomic E-state index is 0.00586. The van der Waals surface area contributed by atoms with Gasteiger partial charge >= 0.3 is 0 Å². The Morgan fingerprint density at radius 1 is 1.29 bits per heavy atom. The van der Waals surface area contributed by atoms with Crippen LogP contribution < -0.4 is 10.5 Å². The van der Waals surface area contributed by atoms with Crippen LogP contribution in [0.5, 0.6) is 5.75 Å². The van der Waals surface area contributed by atoms with Crippen LogP contribution in [0.2, 0.25) is 0 Å². The molecule has 1 heterocycles. The van der Waals surface area contributed by atoms with E-state index in [2.05, 4.69) is 0 Å². The summed E-state index contributed by atoms with van der Waals surface area (Å²) in [6, 6.07) is 9.52. The van der Waals surface area contributed by atoms with Gasteiger partial charge in [0.25, 0.3) is 5.91 Å². The molecule has 21 heavy (non-hydrogen) atoms. The minimum Gasteiger partial charge on any atom is -0.495 e. The minimum atomic E-state index is -0.00586. The summed E-state index contributed by atoms with van der Waals surface area (Å²) in [5, 5.41) is 1.87. The second kappa shape index (κ2) is 6.63. The van der Waals surface area contributed by atoms with Crippen molar-refractivity contribution in [3.8, 4) is 5.75 Å². The van der Waals surface area contributed by atoms with Crippen molar-refractivity contribution in [2.45, 2.75) is 26.4 Å². The lowest BCUT2D eigenvalue weighted by Crippen LogP contribution is -2.36. The lowest BCUT2D eigenvalue weighted by atomic mass is 10.1. The molecule has 0 saturated heterocycles. The fourth-order valence-electron chi connectivity index (χ4n) is 2.05. The summed E-state index contributed by atoms with van der Waals surface area (Å²) < 4.78 is 5.25. The molecule has 1 aromatic carbocycles. The largest absolute Gasteiger partial charge is 0.495 e. The van der Waals surface area contributed by atoms with E-state index in [0.29, 0.717) is 17.2 Å². The number of nitrogens with two attached hydrogens (primary N) is 1. The van der Waals surface area contributed by atoms with Crippen LogP contribution in [0.4, 0.5) is 5.69 Å². The lowest BCUT2D eigenvalue weighted by molar-refractivity contribution is 0.0692. The van der Waals surface area contributed by atoms with Gasteiger partial charge < -0.3 is 15.4 Å². The smallest absolute Gasteiger partial charge is 0.268 e. The number of carbonyl (C=O) groups excluding carboxylic acids is 1. The molecule has 1 aromatic heterocycles. The Bertz CT molecular complexity index is 605. The van der Waals surface area contributed by atoms with Gasteiger partial charge in [-0.25, -0.2) is 0 Å². The zero-order valence-electron chi connectivity index (χ0n) is 12.5. The van der Waals surface area contributed by atoms with Gasteiger partial charge in [-0.3, -0.25) is 4.79 Å². The summed E-state index contributed by atoms with van der Waals surface area (Å²) >= 11 is 1.40. The number of amides is 1. The Balaban J connectivity index is 2.22. The number of rotatable bonds is 5. The fraction of sp³-hybridized carbons (Fsp3) is 0.312. The van der Waals surface area contributed by atoms with Gasteiger partial charge in [0.15, 0.2) is 0 Å². The molecule has 4 nitrogen and oxygen atoms in total. The Morgan fingerprint density at radius 3 is 2.52 bits per heavy atom. The van der Waals surface area contributed by atoms with Crippen molar-refractivity contribution in [3.05, 3.63) is 46.2 Å². The molecule has 0 saturated carbocycles. The first-order valence-corrected chi connectivity index (χ1v) is 7.67. The van der Waals surface area contributed by atoms with Crippen LogP contribution in [0.3, 0.4) is 0 Å². The summed E-state index contributed by atoms with van der Waals surface area (Å²) in [4.78, 5) is 15.2. The highest BCUT2D eigenvalue weighted by molar-refractivity contribution is 7.12. The molecule has 0 atom stereocenters. The molecule has 2 rings (SSSR count). The number of benzene rings is 1. The first-order chi connectivity index (χ1) is 10.0. The van der Waals surface area contributed by atoms with Gasteiger partial charge in [0.2, 0.25) is 0 Å². The van der Waals surface area contributed by atoms with Crippen LogP contribution in [0, 0.1) is 0 Å². The molecule has 0 bridgehead atoms. The predicted octanol–water partition coefficient (Wildman–Crippen LogP) is 3.39. The number of hydrogen-bond acceptors (Lipinski definition) is 4. The van der Waals surface area contributed by atoms with Crippen LogP contribution in [-0.2, 0) is 6.54 Å². The second-order valence-corrected chi connectivity index (χ2v) is 6.00. The maximum Gasteiger partial charge on any atom is 0.268 e. The summed E-state index contributed by atoms with van der Waals surface area (Å²) in [5.41, 5.74) is 7.48. The Kier molecular flexibility index (Phi) is 4.85. The molecule has 5 heteroatoms. The van der Waals surface area contributed by atoms with Crippen LogP contribution in [0.15, 0.2) is 35.7 Å². The SMILES string of the molecule is COc1ccsc1C(=O)N(Cc1ccc(N)cc1)C(C)C. The summed E-state index contributed by atoms with van der Waals surface area (Å²) in [6.07, 6.45) is 0. The third-order valence-electron chi connectivity index (χ3n) is 3.26. The third kappa shape index (κ3) is 3.55. The number of ether oxygens (including phenoxy) is 1. The Hall–Kier alpha value is -2.01. The topological polar surface area (TPSA) is 55.6 Å². The van der Waals surface area contributed by atoms with E-state index >= 15 is 0 Å². The molecular weight excluding hydrogens is 284 g/mol. The molecule has 0 spiro atoms. The molecule has 0 fully saturated rings. The van der Waals surface area contributed by atoms with Crippen LogP contribution in [0.25, 0.3) is 0 Å². The summed E-state index contributed by atoms with van der Waals surface area (Å²) in [7, 11) is 1.58. The molecule has 0 radical (unpaired) electrons. The molecule has 0 aliphatic rings. The molecule has 0 unspecified atom stereocenters. The molecule has 0 aliphatic heterocycles. The van der Waals surface area contributed by atoms with Crippen LogP contribution >= 0.6 is 11.3 Å². The van der Waals surface area contributed by atoms with Gasteiger partial charge in [-0.05, 0) is 43.0 Å². The molecule has 0 aliphatic carbocycles. The van der Waals surface area contributed by atoms with Crippen molar-refractivity contribution in [3.63, 3.8) is 0 Å². The molecule has 2 N–H and O–H groups in total. The average Bonchev–Trinajstić information content (AvgIpc) is 2.94. The predicted molar refractivity (Wildman–Crippen MR) is 86.7 cm³/mol. The first-order valence-electron chi connectivity index (χ1n) is 6.79. The standard InChI is InChI=1S/C16H20N2O2S/c1-11(2)18(10-12-4-6-13(17)7-5-12)16(19)15-14(20-3)8-9-21-15/h4-9,11H,10,17H2,1-3H3. The average molecular weight is 304 g/mol. The van der Waals surface area contributed by atoms with E-state index in [1.54, 1.807) is 7.11 Å². The van der Waals surface area contributed by atoms with E-state index in [-0.39, 0.29) is 11.9 Å². The highest BCUT2D eigenvalue weighted by atomic mass is 32.1. The van der Waals surface area contributed by atoms with E-state index in [0.717, 1.165) is 11.3 Å². The van der Waals surface area contributed by atoms with E-state index in [9.17, 15) is 4.79 Å². The van der Waals surface area contributed by atoms with Gasteiger partial charge in [0.05, 0.1) is 7.11 Å². The van der Waals surface area contributed by atoms with Gasteiger partial charge in [-0.2, -0.15) is 0 Å². The van der Waals surface area contributed by atoms with Crippen molar-refractivity contribution in [1.29, 1.82) is 0 Å². The lowest BCUT2D eigenvalue weighted by Gasteiger charge is -2.26. The number of nitrogens with zero attached hydrogens (tertiary/aromatic N) is 1. The number of anilines is 1. The van der Waals surface area contributed by atoms with Gasteiger partial charge in [-0.1, -0.05) is 12.1 Å². The number of nitrogen functional groups attached to an aromatic ring is 1. The number of methoxy groups -OCH3 is 1. The van der Waals surface area contributed by atoms with E-state index in [4.69, 9.17) is 10.5 Å². The quantitative estimate of drug-likeness (QED) is 0.861. The van der Waals surface area contributed by atoms with Gasteiger partial charge in [0, 0.05) is 18.3 Å². The maximum atomic E-state index is 12.7. The fourth-order valence-corrected chi connectivity index (χ4v) is 2.87. The normalized spacial score (nSPS) is 10.7.